The number of benzene rings is 1. The van der Waals surface area contributed by atoms with E-state index in [4.69, 9.17) is 9.47 Å². The summed E-state index contributed by atoms with van der Waals surface area (Å²) < 4.78 is 10.6. The molecule has 7 heteroatoms. The number of thiophene rings is 1. The number of carbonyl (C=O) groups excluding carboxylic acids is 1. The molecule has 0 fully saturated rings. The van der Waals surface area contributed by atoms with Gasteiger partial charge in [-0.1, -0.05) is 19.8 Å². The van der Waals surface area contributed by atoms with Crippen LogP contribution in [0.15, 0.2) is 30.6 Å². The van der Waals surface area contributed by atoms with Crippen molar-refractivity contribution in [3.63, 3.8) is 0 Å². The second-order valence-corrected chi connectivity index (χ2v) is 7.15. The fraction of sp³-hybridized carbons (Fsp3) is 0.350. The molecule has 3 rings (SSSR count). The molecule has 2 aromatic heterocycles. The summed E-state index contributed by atoms with van der Waals surface area (Å²) in [6, 6.07) is 7.78. The molecule has 0 aliphatic carbocycles. The van der Waals surface area contributed by atoms with Crippen molar-refractivity contribution >= 4 is 39.0 Å². The van der Waals surface area contributed by atoms with Crippen LogP contribution in [-0.2, 0) is 4.74 Å². The van der Waals surface area contributed by atoms with Crippen LogP contribution in [0.25, 0.3) is 10.2 Å². The summed E-state index contributed by atoms with van der Waals surface area (Å²) in [5.41, 5.74) is 1.71. The lowest BCUT2D eigenvalue weighted by Gasteiger charge is -2.09. The third kappa shape index (κ3) is 4.36. The Morgan fingerprint density at radius 2 is 1.96 bits per heavy atom. The molecule has 0 unspecified atom stereocenters. The van der Waals surface area contributed by atoms with Crippen molar-refractivity contribution in [3.8, 4) is 5.75 Å². The first-order valence-corrected chi connectivity index (χ1v) is 9.78. The van der Waals surface area contributed by atoms with Gasteiger partial charge in [0.05, 0.1) is 19.1 Å². The average molecular weight is 385 g/mol. The van der Waals surface area contributed by atoms with Crippen LogP contribution in [-0.4, -0.2) is 29.7 Å². The van der Waals surface area contributed by atoms with Crippen LogP contribution in [0.2, 0.25) is 0 Å². The van der Waals surface area contributed by atoms with Crippen LogP contribution in [0.3, 0.4) is 0 Å². The van der Waals surface area contributed by atoms with E-state index >= 15 is 0 Å². The maximum atomic E-state index is 11.9. The van der Waals surface area contributed by atoms with Crippen molar-refractivity contribution in [2.75, 3.05) is 19.0 Å². The summed E-state index contributed by atoms with van der Waals surface area (Å²) in [5, 5.41) is 4.15. The number of nitrogens with zero attached hydrogens (tertiary/aromatic N) is 2. The summed E-state index contributed by atoms with van der Waals surface area (Å²) in [6.45, 7) is 4.79. The number of aromatic nitrogens is 2. The normalized spacial score (nSPS) is 10.8. The van der Waals surface area contributed by atoms with Crippen LogP contribution in [0.4, 0.5) is 11.5 Å². The number of anilines is 2. The Balaban J connectivity index is 1.78. The van der Waals surface area contributed by atoms with Gasteiger partial charge in [-0.15, -0.1) is 11.3 Å². The molecule has 0 radical (unpaired) electrons. The summed E-state index contributed by atoms with van der Waals surface area (Å²) in [6.07, 6.45) is 4.92. The quantitative estimate of drug-likeness (QED) is 0.430. The van der Waals surface area contributed by atoms with Gasteiger partial charge in [0.25, 0.3) is 0 Å². The first-order valence-electron chi connectivity index (χ1n) is 8.96. The van der Waals surface area contributed by atoms with Crippen LogP contribution in [0.1, 0.15) is 41.4 Å². The summed E-state index contributed by atoms with van der Waals surface area (Å²) in [5.74, 6) is 1.16. The lowest BCUT2D eigenvalue weighted by atomic mass is 10.2. The van der Waals surface area contributed by atoms with E-state index in [2.05, 4.69) is 22.2 Å². The minimum absolute atomic E-state index is 0.356. The molecule has 0 aliphatic heterocycles. The number of unbranched alkanes of at least 4 members (excludes halogenated alkanes) is 2. The van der Waals surface area contributed by atoms with Crippen molar-refractivity contribution < 1.29 is 14.3 Å². The maximum absolute atomic E-state index is 11.9. The predicted molar refractivity (Wildman–Crippen MR) is 108 cm³/mol. The lowest BCUT2D eigenvalue weighted by Crippen LogP contribution is -2.00. The molecule has 0 aliphatic rings. The van der Waals surface area contributed by atoms with E-state index in [0.29, 0.717) is 10.7 Å². The zero-order valence-corrected chi connectivity index (χ0v) is 16.6. The van der Waals surface area contributed by atoms with Crippen molar-refractivity contribution in [3.05, 3.63) is 41.0 Å². The summed E-state index contributed by atoms with van der Waals surface area (Å²) >= 11 is 1.31. The molecule has 0 amide bonds. The molecule has 0 saturated carbocycles. The van der Waals surface area contributed by atoms with E-state index in [1.54, 1.807) is 0 Å². The molecule has 0 atom stereocenters. The number of nitrogens with one attached hydrogen (secondary N) is 1. The van der Waals surface area contributed by atoms with E-state index in [0.717, 1.165) is 40.2 Å². The monoisotopic (exact) mass is 385 g/mol. The number of esters is 1. The fourth-order valence-corrected chi connectivity index (χ4v) is 3.83. The summed E-state index contributed by atoms with van der Waals surface area (Å²) in [4.78, 5) is 21.9. The molecule has 0 bridgehead atoms. The SMILES string of the molecule is CCCCCOc1ccc(Nc2ncnc3sc(C(=O)OC)c(C)c23)cc1. The smallest absolute Gasteiger partial charge is 0.348 e. The number of fused-ring (bicyclic) bond motifs is 1. The molecule has 3 aromatic rings. The van der Waals surface area contributed by atoms with Crippen molar-refractivity contribution in [2.45, 2.75) is 33.1 Å². The maximum Gasteiger partial charge on any atom is 0.348 e. The summed E-state index contributed by atoms with van der Waals surface area (Å²) in [7, 11) is 1.38. The number of carbonyl (C=O) groups is 1. The van der Waals surface area contributed by atoms with Gasteiger partial charge in [0, 0.05) is 5.69 Å². The lowest BCUT2D eigenvalue weighted by molar-refractivity contribution is 0.0605. The van der Waals surface area contributed by atoms with Crippen molar-refractivity contribution in [1.29, 1.82) is 0 Å². The zero-order chi connectivity index (χ0) is 19.2. The largest absolute Gasteiger partial charge is 0.494 e. The Labute approximate surface area is 162 Å². The molecule has 6 nitrogen and oxygen atoms in total. The topological polar surface area (TPSA) is 73.3 Å². The van der Waals surface area contributed by atoms with Crippen LogP contribution in [0, 0.1) is 6.92 Å². The molecular formula is C20H23N3O3S. The third-order valence-electron chi connectivity index (χ3n) is 4.23. The molecule has 1 aromatic carbocycles. The number of rotatable bonds is 8. The number of hydrogen-bond donors (Lipinski definition) is 1. The van der Waals surface area contributed by atoms with E-state index in [1.165, 1.54) is 37.6 Å². The van der Waals surface area contributed by atoms with Gasteiger partial charge in [-0.25, -0.2) is 14.8 Å². The van der Waals surface area contributed by atoms with Gasteiger partial charge in [-0.3, -0.25) is 0 Å². The molecule has 0 spiro atoms. The Kier molecular flexibility index (Phi) is 6.24. The van der Waals surface area contributed by atoms with Gasteiger partial charge in [-0.2, -0.15) is 0 Å². The van der Waals surface area contributed by atoms with Gasteiger partial charge in [0.2, 0.25) is 0 Å². The number of aryl methyl sites for hydroxylation is 1. The Morgan fingerprint density at radius 1 is 1.19 bits per heavy atom. The van der Waals surface area contributed by atoms with E-state index in [9.17, 15) is 4.79 Å². The predicted octanol–water partition coefficient (Wildman–Crippen LogP) is 5.10. The molecular weight excluding hydrogens is 362 g/mol. The number of hydrogen-bond acceptors (Lipinski definition) is 7. The molecule has 1 N–H and O–H groups in total. The van der Waals surface area contributed by atoms with Crippen LogP contribution in [0.5, 0.6) is 5.75 Å². The van der Waals surface area contributed by atoms with E-state index < -0.39 is 0 Å². The van der Waals surface area contributed by atoms with Crippen molar-refractivity contribution in [1.82, 2.24) is 9.97 Å². The van der Waals surface area contributed by atoms with Gasteiger partial charge in [0.15, 0.2) is 0 Å². The molecule has 142 valence electrons. The molecule has 2 heterocycles. The van der Waals surface area contributed by atoms with Crippen molar-refractivity contribution in [2.24, 2.45) is 0 Å². The zero-order valence-electron chi connectivity index (χ0n) is 15.7. The van der Waals surface area contributed by atoms with E-state index in [1.807, 2.05) is 31.2 Å². The second kappa shape index (κ2) is 8.81. The highest BCUT2D eigenvalue weighted by molar-refractivity contribution is 7.20. The highest BCUT2D eigenvalue weighted by atomic mass is 32.1. The number of methoxy groups -OCH3 is 1. The first-order chi connectivity index (χ1) is 13.1. The Morgan fingerprint density at radius 3 is 2.67 bits per heavy atom. The molecule has 0 saturated heterocycles. The Hall–Kier alpha value is -2.67. The van der Waals surface area contributed by atoms with Gasteiger partial charge >= 0.3 is 5.97 Å². The highest BCUT2D eigenvalue weighted by Gasteiger charge is 2.19. The average Bonchev–Trinajstić information content (AvgIpc) is 3.03. The Bertz CT molecular complexity index is 922. The standard InChI is InChI=1S/C20H23N3O3S/c1-4-5-6-11-26-15-9-7-14(8-10-15)23-18-16-13(2)17(20(24)25-3)27-19(16)22-12-21-18/h7-10,12H,4-6,11H2,1-3H3,(H,21,22,23). The fourth-order valence-electron chi connectivity index (χ4n) is 2.77. The van der Waals surface area contributed by atoms with Gasteiger partial charge in [0.1, 0.15) is 27.6 Å². The third-order valence-corrected chi connectivity index (χ3v) is 5.41. The van der Waals surface area contributed by atoms with E-state index in [-0.39, 0.29) is 5.97 Å². The van der Waals surface area contributed by atoms with Crippen LogP contribution < -0.4 is 10.1 Å². The van der Waals surface area contributed by atoms with Crippen LogP contribution >= 0.6 is 11.3 Å². The first kappa shape index (κ1) is 19.1. The van der Waals surface area contributed by atoms with Gasteiger partial charge < -0.3 is 14.8 Å². The minimum atomic E-state index is -0.356. The molecule has 27 heavy (non-hydrogen) atoms. The minimum Gasteiger partial charge on any atom is -0.494 e. The second-order valence-electron chi connectivity index (χ2n) is 6.16. The number of ether oxygens (including phenoxy) is 2. The highest BCUT2D eigenvalue weighted by Crippen LogP contribution is 2.34. The van der Waals surface area contributed by atoms with Gasteiger partial charge in [-0.05, 0) is 43.2 Å².